The minimum absolute atomic E-state index is 0.0346. The van der Waals surface area contributed by atoms with Gasteiger partial charge in [-0.05, 0) is 42.2 Å². The normalized spacial score (nSPS) is 15.6. The molecule has 1 N–H and O–H groups in total. The first-order valence-electron chi connectivity index (χ1n) is 6.79. The first-order valence-corrected chi connectivity index (χ1v) is 5.29. The van der Waals surface area contributed by atoms with Gasteiger partial charge in [0.2, 0.25) is 0 Å². The van der Waals surface area contributed by atoms with E-state index in [0.717, 1.165) is 5.06 Å². The minimum atomic E-state index is -2.35. The highest BCUT2D eigenvalue weighted by Gasteiger charge is 2.21. The average Bonchev–Trinajstić information content (AvgIpc) is 2.37. The molecule has 17 heavy (non-hydrogen) atoms. The monoisotopic (exact) mass is 237 g/mol. The predicted octanol–water partition coefficient (Wildman–Crippen LogP) is 3.88. The number of nitrogens with zero attached hydrogens (tertiary/aromatic N) is 2. The largest absolute Gasteiger partial charge is 0.288 e. The summed E-state index contributed by atoms with van der Waals surface area (Å²) in [5, 5.41) is 13.9. The molecule has 1 unspecified atom stereocenters. The van der Waals surface area contributed by atoms with Gasteiger partial charge in [0.15, 0.2) is 0 Å². The van der Waals surface area contributed by atoms with Gasteiger partial charge < -0.3 is 0 Å². The Morgan fingerprint density at radius 3 is 2.47 bits per heavy atom. The summed E-state index contributed by atoms with van der Waals surface area (Å²) in [7, 11) is 0. The molecule has 0 aliphatic rings. The van der Waals surface area contributed by atoms with Crippen LogP contribution in [-0.4, -0.2) is 11.2 Å². The molecule has 0 spiro atoms. The molecule has 0 aliphatic heterocycles. The van der Waals surface area contributed by atoms with Crippen molar-refractivity contribution in [1.82, 2.24) is 0 Å². The average molecular weight is 237 g/mol. The highest BCUT2D eigenvalue weighted by Crippen LogP contribution is 2.25. The van der Waals surface area contributed by atoms with Crippen molar-refractivity contribution in [3.8, 4) is 0 Å². The van der Waals surface area contributed by atoms with Gasteiger partial charge in [-0.3, -0.25) is 5.21 Å². The van der Waals surface area contributed by atoms with Crippen molar-refractivity contribution in [3.63, 3.8) is 0 Å². The summed E-state index contributed by atoms with van der Waals surface area (Å²) in [6.45, 7) is 4.84. The molecule has 0 saturated heterocycles. The third kappa shape index (κ3) is 3.14. The van der Waals surface area contributed by atoms with E-state index in [1.807, 2.05) is 0 Å². The Morgan fingerprint density at radius 2 is 2.06 bits per heavy atom. The van der Waals surface area contributed by atoms with E-state index in [1.165, 1.54) is 24.3 Å². The van der Waals surface area contributed by atoms with Crippen LogP contribution in [0, 0.1) is 10.8 Å². The van der Waals surface area contributed by atoms with Gasteiger partial charge in [0.25, 0.3) is 0 Å². The Balaban J connectivity index is 3.08. The highest BCUT2D eigenvalue weighted by molar-refractivity contribution is 5.52. The Morgan fingerprint density at radius 1 is 1.47 bits per heavy atom. The van der Waals surface area contributed by atoms with Crippen LogP contribution >= 0.6 is 0 Å². The second-order valence-corrected chi connectivity index (χ2v) is 4.17. The zero-order chi connectivity index (χ0) is 15.5. The quantitative estimate of drug-likeness (QED) is 0.480. The Hall–Kier alpha value is -1.68. The van der Waals surface area contributed by atoms with Crippen molar-refractivity contribution < 1.29 is 9.32 Å². The van der Waals surface area contributed by atoms with Crippen LogP contribution in [0.1, 0.15) is 24.8 Å². The number of hydrogen-bond donors (Lipinski definition) is 1. The molecule has 1 atom stereocenters. The fraction of sp³-hybridized carbons (Fsp3) is 0.385. The first-order chi connectivity index (χ1) is 9.18. The molecule has 4 nitrogen and oxygen atoms in total. The van der Waals surface area contributed by atoms with Crippen LogP contribution in [0.3, 0.4) is 0 Å². The number of benzene rings is 1. The summed E-state index contributed by atoms with van der Waals surface area (Å²) < 4.78 is 22.3. The molecular weight excluding hydrogens is 216 g/mol. The van der Waals surface area contributed by atoms with Crippen molar-refractivity contribution in [1.29, 1.82) is 0 Å². The molecule has 0 aromatic heterocycles. The lowest BCUT2D eigenvalue weighted by molar-refractivity contribution is 0.206. The van der Waals surface area contributed by atoms with Crippen molar-refractivity contribution in [2.24, 2.45) is 11.1 Å². The second kappa shape index (κ2) is 5.59. The molecule has 1 rings (SSSR count). The van der Waals surface area contributed by atoms with Crippen LogP contribution < -0.4 is 5.06 Å². The summed E-state index contributed by atoms with van der Waals surface area (Å²) >= 11 is 0. The minimum Gasteiger partial charge on any atom is -0.288 e. The van der Waals surface area contributed by atoms with Crippen molar-refractivity contribution in [2.45, 2.75) is 26.7 Å². The number of hydrogen-bond acceptors (Lipinski definition) is 4. The van der Waals surface area contributed by atoms with Crippen LogP contribution in [-0.2, 0) is 0 Å². The van der Waals surface area contributed by atoms with Crippen molar-refractivity contribution in [3.05, 3.63) is 41.3 Å². The number of nitroso groups, excluding NO2 is 1. The fourth-order valence-electron chi connectivity index (χ4n) is 1.66. The van der Waals surface area contributed by atoms with E-state index in [0.29, 0.717) is 5.69 Å². The van der Waals surface area contributed by atoms with E-state index in [9.17, 15) is 10.1 Å². The van der Waals surface area contributed by atoms with E-state index in [1.54, 1.807) is 13.8 Å². The molecule has 0 radical (unpaired) electrons. The van der Waals surface area contributed by atoms with Gasteiger partial charge in [0.05, 0.1) is 11.7 Å². The van der Waals surface area contributed by atoms with Crippen molar-refractivity contribution >= 4 is 11.4 Å². The molecule has 0 aliphatic carbocycles. The van der Waals surface area contributed by atoms with Gasteiger partial charge in [-0.25, -0.2) is 5.06 Å². The molecule has 4 heteroatoms. The molecule has 0 fully saturated rings. The molecule has 1 aromatic rings. The summed E-state index contributed by atoms with van der Waals surface area (Å²) in [6.07, 6.45) is 0. The SMILES string of the molecule is [2H]C([2H])([2H])C(=C)C(C(C)C)N(O)c1ccc(N=O)cc1. The van der Waals surface area contributed by atoms with Gasteiger partial charge in [-0.1, -0.05) is 26.0 Å². The van der Waals surface area contributed by atoms with Gasteiger partial charge in [0.1, 0.15) is 5.69 Å². The van der Waals surface area contributed by atoms with Gasteiger partial charge in [0, 0.05) is 4.11 Å². The molecule has 0 saturated carbocycles. The zero-order valence-electron chi connectivity index (χ0n) is 12.9. The van der Waals surface area contributed by atoms with Crippen LogP contribution in [0.15, 0.2) is 41.6 Å². The Bertz CT molecular complexity index is 483. The van der Waals surface area contributed by atoms with E-state index in [4.69, 9.17) is 4.11 Å². The summed E-state index contributed by atoms with van der Waals surface area (Å²) in [4.78, 5) is 10.4. The van der Waals surface area contributed by atoms with Crippen LogP contribution in [0.5, 0.6) is 0 Å². The lowest BCUT2D eigenvalue weighted by Gasteiger charge is -2.31. The number of anilines is 1. The second-order valence-electron chi connectivity index (χ2n) is 4.17. The maximum absolute atomic E-state index is 10.4. The number of rotatable bonds is 5. The van der Waals surface area contributed by atoms with E-state index in [-0.39, 0.29) is 17.2 Å². The summed E-state index contributed by atoms with van der Waals surface area (Å²) in [5.74, 6) is -0.156. The van der Waals surface area contributed by atoms with E-state index >= 15 is 0 Å². The highest BCUT2D eigenvalue weighted by atomic mass is 16.5. The zero-order valence-corrected chi connectivity index (χ0v) is 9.92. The lowest BCUT2D eigenvalue weighted by Crippen LogP contribution is -2.37. The number of hydroxylamine groups is 1. The summed E-state index contributed by atoms with van der Waals surface area (Å²) in [6, 6.07) is 5.14. The molecule has 1 aromatic carbocycles. The van der Waals surface area contributed by atoms with Gasteiger partial charge in [-0.15, -0.1) is 4.91 Å². The molecule has 0 bridgehead atoms. The molecule has 0 heterocycles. The maximum atomic E-state index is 10.4. The Labute approximate surface area is 106 Å². The van der Waals surface area contributed by atoms with Crippen LogP contribution in [0.2, 0.25) is 0 Å². The van der Waals surface area contributed by atoms with Gasteiger partial charge >= 0.3 is 0 Å². The molecule has 0 amide bonds. The predicted molar refractivity (Wildman–Crippen MR) is 69.6 cm³/mol. The third-order valence-corrected chi connectivity index (χ3v) is 2.47. The summed E-state index contributed by atoms with van der Waals surface area (Å²) in [5.41, 5.74) is 0.576. The third-order valence-electron chi connectivity index (χ3n) is 2.47. The standard InChI is InChI=1S/C13H18N2O2/c1-9(2)13(10(3)4)15(17)12-7-5-11(14-16)6-8-12/h5-8,10,13,17H,1H2,2-4H3/i2D3. The van der Waals surface area contributed by atoms with Gasteiger partial charge in [-0.2, -0.15) is 0 Å². The van der Waals surface area contributed by atoms with Crippen LogP contribution in [0.4, 0.5) is 11.4 Å². The molecular formula is C13H18N2O2. The van der Waals surface area contributed by atoms with Crippen LogP contribution in [0.25, 0.3) is 0 Å². The topological polar surface area (TPSA) is 52.9 Å². The smallest absolute Gasteiger partial charge is 0.108 e. The molecule has 92 valence electrons. The fourth-order valence-corrected chi connectivity index (χ4v) is 1.66. The maximum Gasteiger partial charge on any atom is 0.108 e. The Kier molecular flexibility index (Phi) is 3.08. The van der Waals surface area contributed by atoms with E-state index in [2.05, 4.69) is 11.8 Å². The lowest BCUT2D eigenvalue weighted by atomic mass is 9.97. The van der Waals surface area contributed by atoms with Crippen molar-refractivity contribution in [2.75, 3.05) is 5.06 Å². The first kappa shape index (κ1) is 9.36. The van der Waals surface area contributed by atoms with E-state index < -0.39 is 12.9 Å².